The third kappa shape index (κ3) is 5.94. The van der Waals surface area contributed by atoms with Gasteiger partial charge in [0.1, 0.15) is 17.9 Å². The van der Waals surface area contributed by atoms with E-state index in [0.717, 1.165) is 34.2 Å². The molecular formula is C31H28ClF4NOS. The minimum absolute atomic E-state index is 0.0107. The first-order valence-corrected chi connectivity index (χ1v) is 13.7. The highest BCUT2D eigenvalue weighted by molar-refractivity contribution is 8.02. The predicted octanol–water partition coefficient (Wildman–Crippen LogP) is 9.85. The molecule has 0 saturated carbocycles. The Morgan fingerprint density at radius 3 is 2.33 bits per heavy atom. The average Bonchev–Trinajstić information content (AvgIpc) is 2.90. The Balaban J connectivity index is 1.79. The molecule has 3 aromatic rings. The van der Waals surface area contributed by atoms with E-state index < -0.39 is 23.2 Å². The fraction of sp³-hybridized carbons (Fsp3) is 0.258. The fourth-order valence-corrected chi connectivity index (χ4v) is 6.20. The molecule has 0 saturated heterocycles. The lowest BCUT2D eigenvalue weighted by Gasteiger charge is -2.43. The Morgan fingerprint density at radius 2 is 1.74 bits per heavy atom. The Morgan fingerprint density at radius 1 is 1.05 bits per heavy atom. The van der Waals surface area contributed by atoms with Crippen LogP contribution in [-0.4, -0.2) is 6.29 Å². The zero-order valence-electron chi connectivity index (χ0n) is 21.9. The maximum absolute atomic E-state index is 14.7. The molecule has 1 aliphatic heterocycles. The first kappa shape index (κ1) is 29.0. The van der Waals surface area contributed by atoms with Crippen molar-refractivity contribution < 1.29 is 22.4 Å². The van der Waals surface area contributed by atoms with Gasteiger partial charge in [-0.25, -0.2) is 17.6 Å². The summed E-state index contributed by atoms with van der Waals surface area (Å²) in [6.45, 7) is 7.91. The third-order valence-electron chi connectivity index (χ3n) is 7.13. The van der Waals surface area contributed by atoms with Crippen LogP contribution in [0.1, 0.15) is 61.2 Å². The lowest BCUT2D eigenvalue weighted by molar-refractivity contribution is 0.112. The van der Waals surface area contributed by atoms with Crippen LogP contribution in [0.5, 0.6) is 0 Å². The van der Waals surface area contributed by atoms with Crippen LogP contribution in [0.25, 0.3) is 0 Å². The van der Waals surface area contributed by atoms with E-state index in [1.54, 1.807) is 36.0 Å². The molecule has 0 spiro atoms. The van der Waals surface area contributed by atoms with Crippen molar-refractivity contribution in [1.82, 2.24) is 0 Å². The van der Waals surface area contributed by atoms with Crippen LogP contribution in [0, 0.1) is 17.6 Å². The van der Waals surface area contributed by atoms with Crippen LogP contribution in [0.15, 0.2) is 83.0 Å². The van der Waals surface area contributed by atoms with E-state index in [9.17, 15) is 22.4 Å². The molecule has 0 aliphatic carbocycles. The molecule has 2 nitrogen and oxygen atoms in total. The van der Waals surface area contributed by atoms with Gasteiger partial charge in [-0.2, -0.15) is 0 Å². The average molecular weight is 574 g/mol. The molecule has 0 N–H and O–H groups in total. The highest BCUT2D eigenvalue weighted by atomic mass is 35.5. The van der Waals surface area contributed by atoms with Crippen LogP contribution in [-0.2, 0) is 11.2 Å². The van der Waals surface area contributed by atoms with Crippen LogP contribution in [0.3, 0.4) is 0 Å². The fourth-order valence-electron chi connectivity index (χ4n) is 4.57. The molecule has 1 heterocycles. The number of hydrogen-bond donors (Lipinski definition) is 0. The molecule has 0 aromatic heterocycles. The van der Waals surface area contributed by atoms with Gasteiger partial charge in [0, 0.05) is 33.1 Å². The van der Waals surface area contributed by atoms with Gasteiger partial charge in [0.05, 0.1) is 10.6 Å². The van der Waals surface area contributed by atoms with E-state index >= 15 is 0 Å². The van der Waals surface area contributed by atoms with Crippen LogP contribution in [0.2, 0.25) is 5.02 Å². The van der Waals surface area contributed by atoms with Gasteiger partial charge >= 0.3 is 0 Å². The van der Waals surface area contributed by atoms with Crippen molar-refractivity contribution in [2.24, 2.45) is 5.92 Å². The Bertz CT molecular complexity index is 1450. The molecule has 1 aliphatic rings. The van der Waals surface area contributed by atoms with Crippen molar-refractivity contribution >= 4 is 35.3 Å². The van der Waals surface area contributed by atoms with Gasteiger partial charge in [-0.1, -0.05) is 62.7 Å². The number of thioether (sulfide) groups is 1. The number of hydrogen-bond acceptors (Lipinski definition) is 3. The topological polar surface area (TPSA) is 20.3 Å². The molecule has 8 heteroatoms. The van der Waals surface area contributed by atoms with E-state index in [4.69, 9.17) is 11.6 Å². The van der Waals surface area contributed by atoms with Crippen molar-refractivity contribution in [2.75, 3.05) is 4.90 Å². The molecule has 0 bridgehead atoms. The summed E-state index contributed by atoms with van der Waals surface area (Å²) in [5, 5.41) is 1.38. The van der Waals surface area contributed by atoms with Gasteiger partial charge in [-0.15, -0.1) is 11.8 Å². The second kappa shape index (κ2) is 11.6. The molecule has 1 atom stereocenters. The summed E-state index contributed by atoms with van der Waals surface area (Å²) in [6, 6.07) is 15.1. The molecule has 1 unspecified atom stereocenters. The number of nitrogens with zero attached hydrogens (tertiary/aromatic N) is 1. The number of allylic oxidation sites excluding steroid dienone is 3. The van der Waals surface area contributed by atoms with Crippen LogP contribution < -0.4 is 4.90 Å². The zero-order chi connectivity index (χ0) is 28.5. The lowest BCUT2D eigenvalue weighted by Crippen LogP contribution is -2.37. The summed E-state index contributed by atoms with van der Waals surface area (Å²) in [7, 11) is 0. The second-order valence-corrected chi connectivity index (χ2v) is 11.4. The predicted molar refractivity (Wildman–Crippen MR) is 151 cm³/mol. The molecule has 39 heavy (non-hydrogen) atoms. The van der Waals surface area contributed by atoms with Gasteiger partial charge in [-0.3, -0.25) is 4.79 Å². The van der Waals surface area contributed by atoms with Crippen LogP contribution >= 0.6 is 23.4 Å². The number of alkyl halides is 2. The van der Waals surface area contributed by atoms with Gasteiger partial charge in [0.2, 0.25) is 0 Å². The van der Waals surface area contributed by atoms with E-state index in [0.29, 0.717) is 27.6 Å². The molecule has 3 aromatic carbocycles. The Hall–Kier alpha value is -3.03. The summed E-state index contributed by atoms with van der Waals surface area (Å²) < 4.78 is 55.1. The minimum atomic E-state index is -2.91. The molecular weight excluding hydrogens is 546 g/mol. The van der Waals surface area contributed by atoms with Crippen molar-refractivity contribution in [3.63, 3.8) is 0 Å². The van der Waals surface area contributed by atoms with E-state index in [1.807, 2.05) is 31.7 Å². The maximum atomic E-state index is 14.7. The molecule has 4 rings (SSSR count). The van der Waals surface area contributed by atoms with Crippen molar-refractivity contribution in [1.29, 1.82) is 0 Å². The first-order chi connectivity index (χ1) is 18.4. The summed E-state index contributed by atoms with van der Waals surface area (Å²) in [6.07, 6.45) is -0.0921. The highest BCUT2D eigenvalue weighted by Gasteiger charge is 2.37. The lowest BCUT2D eigenvalue weighted by atomic mass is 9.77. The van der Waals surface area contributed by atoms with Crippen LogP contribution in [0.4, 0.5) is 23.2 Å². The standard InChI is InChI=1S/C31H28ClF4NOS/c1-18-13-28(31(3,4)22-7-12-25(29(35)36)27(34)15-22)37(24-10-8-23(33)9-11-24)30(19(18)2)39-17-21-6-5-20(16-38)14-26(21)32/h5-16,18,29H,17H2,1-4H3. The second-order valence-electron chi connectivity index (χ2n) is 10.1. The number of carbonyl (C=O) groups is 1. The van der Waals surface area contributed by atoms with Gasteiger partial charge < -0.3 is 4.90 Å². The molecule has 0 fully saturated rings. The number of rotatable bonds is 8. The third-order valence-corrected chi connectivity index (χ3v) is 8.72. The number of carbonyl (C=O) groups excluding carboxylic acids is 1. The number of benzene rings is 3. The van der Waals surface area contributed by atoms with Crippen molar-refractivity contribution in [3.8, 4) is 0 Å². The Kier molecular flexibility index (Phi) is 8.62. The SMILES string of the molecule is CC1=C(SCc2ccc(C=O)cc2Cl)N(c2ccc(F)cc2)C(C(C)(C)c2ccc(C(F)F)c(F)c2)=CC1C. The van der Waals surface area contributed by atoms with E-state index in [1.165, 1.54) is 24.3 Å². The Labute approximate surface area is 235 Å². The number of halogens is 5. The normalized spacial score (nSPS) is 16.1. The summed E-state index contributed by atoms with van der Waals surface area (Å²) in [5.74, 6) is -0.823. The van der Waals surface area contributed by atoms with Gasteiger partial charge in [0.25, 0.3) is 6.43 Å². The minimum Gasteiger partial charge on any atom is -0.308 e. The summed E-state index contributed by atoms with van der Waals surface area (Å²) in [4.78, 5) is 13.1. The molecule has 0 amide bonds. The molecule has 0 radical (unpaired) electrons. The van der Waals surface area contributed by atoms with E-state index in [-0.39, 0.29) is 11.7 Å². The van der Waals surface area contributed by atoms with Gasteiger partial charge in [-0.05, 0) is 65.9 Å². The maximum Gasteiger partial charge on any atom is 0.266 e. The summed E-state index contributed by atoms with van der Waals surface area (Å²) >= 11 is 8.00. The number of aldehydes is 1. The monoisotopic (exact) mass is 573 g/mol. The highest BCUT2D eigenvalue weighted by Crippen LogP contribution is 2.47. The molecule has 204 valence electrons. The largest absolute Gasteiger partial charge is 0.308 e. The first-order valence-electron chi connectivity index (χ1n) is 12.4. The van der Waals surface area contributed by atoms with Crippen molar-refractivity contribution in [2.45, 2.75) is 45.3 Å². The zero-order valence-corrected chi connectivity index (χ0v) is 23.5. The van der Waals surface area contributed by atoms with E-state index in [2.05, 4.69) is 13.0 Å². The number of anilines is 1. The smallest absolute Gasteiger partial charge is 0.266 e. The summed E-state index contributed by atoms with van der Waals surface area (Å²) in [5.41, 5.74) is 3.01. The van der Waals surface area contributed by atoms with Gasteiger partial charge in [0.15, 0.2) is 0 Å². The quantitative estimate of drug-likeness (QED) is 0.197. The van der Waals surface area contributed by atoms with Crippen molar-refractivity contribution in [3.05, 3.63) is 122 Å².